The summed E-state index contributed by atoms with van der Waals surface area (Å²) in [6.45, 7) is 5.02. The Bertz CT molecular complexity index is 346. The van der Waals surface area contributed by atoms with Crippen LogP contribution in [-0.4, -0.2) is 40.2 Å². The quantitative estimate of drug-likeness (QED) is 0.786. The van der Waals surface area contributed by atoms with Gasteiger partial charge in [-0.2, -0.15) is 5.10 Å². The summed E-state index contributed by atoms with van der Waals surface area (Å²) in [5.74, 6) is 0.108. The Hall–Kier alpha value is -1.36. The van der Waals surface area contributed by atoms with Gasteiger partial charge in [0, 0.05) is 32.9 Å². The Morgan fingerprint density at radius 2 is 2.31 bits per heavy atom. The Morgan fingerprint density at radius 3 is 2.81 bits per heavy atom. The molecular weight excluding hydrogens is 204 g/mol. The van der Waals surface area contributed by atoms with Gasteiger partial charge in [-0.25, -0.2) is 0 Å². The molecule has 5 heteroatoms. The third kappa shape index (κ3) is 3.34. The zero-order valence-corrected chi connectivity index (χ0v) is 10.4. The molecule has 0 radical (unpaired) electrons. The zero-order chi connectivity index (χ0) is 12.1. The van der Waals surface area contributed by atoms with Crippen molar-refractivity contribution in [1.29, 1.82) is 0 Å². The molecule has 0 saturated carbocycles. The molecule has 0 aromatic carbocycles. The van der Waals surface area contributed by atoms with E-state index >= 15 is 0 Å². The van der Waals surface area contributed by atoms with Crippen LogP contribution in [0.25, 0.3) is 0 Å². The van der Waals surface area contributed by atoms with Crippen LogP contribution in [0.3, 0.4) is 0 Å². The molecule has 16 heavy (non-hydrogen) atoms. The summed E-state index contributed by atoms with van der Waals surface area (Å²) < 4.78 is 1.80. The average molecular weight is 224 g/mol. The number of hydrogen-bond acceptors (Lipinski definition) is 3. The summed E-state index contributed by atoms with van der Waals surface area (Å²) in [6, 6.07) is 2.18. The number of carbonyl (C=O) groups is 1. The number of aryl methyl sites for hydroxylation is 1. The minimum absolute atomic E-state index is 0.108. The molecule has 1 aromatic rings. The standard InChI is InChI=1S/C11H20N4O/c1-9(2)14(3)11(16)8-12-7-10-5-6-13-15(10)4/h5-6,9,12H,7-8H2,1-4H3. The van der Waals surface area contributed by atoms with Crippen molar-refractivity contribution in [3.63, 3.8) is 0 Å². The van der Waals surface area contributed by atoms with Gasteiger partial charge in [0.25, 0.3) is 0 Å². The average Bonchev–Trinajstić information content (AvgIpc) is 2.63. The fourth-order valence-corrected chi connectivity index (χ4v) is 1.28. The molecule has 0 spiro atoms. The second-order valence-electron chi connectivity index (χ2n) is 4.15. The Balaban J connectivity index is 2.31. The van der Waals surface area contributed by atoms with Gasteiger partial charge in [0.2, 0.25) is 5.91 Å². The van der Waals surface area contributed by atoms with Crippen LogP contribution in [0, 0.1) is 0 Å². The number of aromatic nitrogens is 2. The minimum Gasteiger partial charge on any atom is -0.342 e. The summed E-state index contributed by atoms with van der Waals surface area (Å²) in [6.07, 6.45) is 1.75. The highest BCUT2D eigenvalue weighted by Gasteiger charge is 2.10. The monoisotopic (exact) mass is 224 g/mol. The molecule has 1 heterocycles. The number of nitrogens with one attached hydrogen (secondary N) is 1. The summed E-state index contributed by atoms with van der Waals surface area (Å²) in [5.41, 5.74) is 1.07. The molecule has 0 aliphatic heterocycles. The lowest BCUT2D eigenvalue weighted by molar-refractivity contribution is -0.130. The number of nitrogens with zero attached hydrogens (tertiary/aromatic N) is 3. The first-order valence-corrected chi connectivity index (χ1v) is 5.45. The number of likely N-dealkylation sites (N-methyl/N-ethyl adjacent to an activating group) is 1. The van der Waals surface area contributed by atoms with Gasteiger partial charge in [-0.3, -0.25) is 9.48 Å². The predicted octanol–water partition coefficient (Wildman–Crippen LogP) is 0.376. The van der Waals surface area contributed by atoms with Gasteiger partial charge in [0.15, 0.2) is 0 Å². The molecule has 0 aliphatic rings. The lowest BCUT2D eigenvalue weighted by Crippen LogP contribution is -2.39. The number of amides is 1. The fraction of sp³-hybridized carbons (Fsp3) is 0.636. The number of rotatable bonds is 5. The molecule has 1 N–H and O–H groups in total. The van der Waals surface area contributed by atoms with Crippen molar-refractivity contribution < 1.29 is 4.79 Å². The van der Waals surface area contributed by atoms with Gasteiger partial charge in [0.05, 0.1) is 12.2 Å². The van der Waals surface area contributed by atoms with E-state index < -0.39 is 0 Å². The summed E-state index contributed by atoms with van der Waals surface area (Å²) in [4.78, 5) is 13.4. The molecule has 90 valence electrons. The van der Waals surface area contributed by atoms with E-state index in [1.807, 2.05) is 34.0 Å². The molecule has 1 aromatic heterocycles. The van der Waals surface area contributed by atoms with Crippen molar-refractivity contribution in [1.82, 2.24) is 20.0 Å². The van der Waals surface area contributed by atoms with Gasteiger partial charge in [0.1, 0.15) is 0 Å². The zero-order valence-electron chi connectivity index (χ0n) is 10.4. The molecular formula is C11H20N4O. The maximum Gasteiger partial charge on any atom is 0.236 e. The van der Waals surface area contributed by atoms with Crippen LogP contribution in [0.5, 0.6) is 0 Å². The van der Waals surface area contributed by atoms with E-state index in [9.17, 15) is 4.79 Å². The van der Waals surface area contributed by atoms with E-state index in [1.165, 1.54) is 0 Å². The Kier molecular flexibility index (Phi) is 4.49. The first-order valence-electron chi connectivity index (χ1n) is 5.45. The molecule has 0 saturated heterocycles. The molecule has 5 nitrogen and oxygen atoms in total. The van der Waals surface area contributed by atoms with Crippen molar-refractivity contribution >= 4 is 5.91 Å². The van der Waals surface area contributed by atoms with E-state index in [1.54, 1.807) is 15.8 Å². The van der Waals surface area contributed by atoms with E-state index in [0.29, 0.717) is 13.1 Å². The third-order valence-electron chi connectivity index (χ3n) is 2.67. The van der Waals surface area contributed by atoms with Crippen LogP contribution in [0.2, 0.25) is 0 Å². The van der Waals surface area contributed by atoms with Crippen LogP contribution in [-0.2, 0) is 18.4 Å². The summed E-state index contributed by atoms with van der Waals surface area (Å²) >= 11 is 0. The van der Waals surface area contributed by atoms with Crippen LogP contribution in [0.1, 0.15) is 19.5 Å². The van der Waals surface area contributed by atoms with Crippen molar-refractivity contribution in [2.24, 2.45) is 7.05 Å². The predicted molar refractivity (Wildman–Crippen MR) is 62.8 cm³/mol. The SMILES string of the molecule is CC(C)N(C)C(=O)CNCc1ccnn1C. The molecule has 0 fully saturated rings. The normalized spacial score (nSPS) is 10.8. The van der Waals surface area contributed by atoms with Crippen LogP contribution in [0.15, 0.2) is 12.3 Å². The topological polar surface area (TPSA) is 50.2 Å². The van der Waals surface area contributed by atoms with Gasteiger partial charge >= 0.3 is 0 Å². The van der Waals surface area contributed by atoms with E-state index in [2.05, 4.69) is 10.4 Å². The molecule has 0 atom stereocenters. The van der Waals surface area contributed by atoms with Gasteiger partial charge in [-0.1, -0.05) is 0 Å². The van der Waals surface area contributed by atoms with Gasteiger partial charge < -0.3 is 10.2 Å². The Labute approximate surface area is 96.4 Å². The second kappa shape index (κ2) is 5.65. The van der Waals surface area contributed by atoms with Crippen molar-refractivity contribution in [2.75, 3.05) is 13.6 Å². The highest BCUT2D eigenvalue weighted by Crippen LogP contribution is 1.96. The van der Waals surface area contributed by atoms with Crippen LogP contribution >= 0.6 is 0 Å². The van der Waals surface area contributed by atoms with Gasteiger partial charge in [-0.15, -0.1) is 0 Å². The minimum atomic E-state index is 0.108. The lowest BCUT2D eigenvalue weighted by atomic mass is 10.3. The summed E-state index contributed by atoms with van der Waals surface area (Å²) in [5, 5.41) is 7.17. The largest absolute Gasteiger partial charge is 0.342 e. The van der Waals surface area contributed by atoms with Crippen LogP contribution in [0.4, 0.5) is 0 Å². The lowest BCUT2D eigenvalue weighted by Gasteiger charge is -2.21. The van der Waals surface area contributed by atoms with Crippen molar-refractivity contribution in [3.8, 4) is 0 Å². The third-order valence-corrected chi connectivity index (χ3v) is 2.67. The number of carbonyl (C=O) groups excluding carboxylic acids is 1. The Morgan fingerprint density at radius 1 is 1.62 bits per heavy atom. The highest BCUT2D eigenvalue weighted by atomic mass is 16.2. The fourth-order valence-electron chi connectivity index (χ4n) is 1.28. The highest BCUT2D eigenvalue weighted by molar-refractivity contribution is 5.78. The molecule has 0 unspecified atom stereocenters. The smallest absolute Gasteiger partial charge is 0.236 e. The second-order valence-corrected chi connectivity index (χ2v) is 4.15. The number of hydrogen-bond donors (Lipinski definition) is 1. The first kappa shape index (κ1) is 12.7. The molecule has 0 bridgehead atoms. The van der Waals surface area contributed by atoms with E-state index in [0.717, 1.165) is 5.69 Å². The maximum absolute atomic E-state index is 11.6. The van der Waals surface area contributed by atoms with Gasteiger partial charge in [-0.05, 0) is 19.9 Å². The molecule has 0 aliphatic carbocycles. The van der Waals surface area contributed by atoms with E-state index in [4.69, 9.17) is 0 Å². The summed E-state index contributed by atoms with van der Waals surface area (Å²) in [7, 11) is 3.71. The maximum atomic E-state index is 11.6. The van der Waals surface area contributed by atoms with E-state index in [-0.39, 0.29) is 11.9 Å². The first-order chi connectivity index (χ1) is 7.52. The van der Waals surface area contributed by atoms with Crippen molar-refractivity contribution in [3.05, 3.63) is 18.0 Å². The van der Waals surface area contributed by atoms with Crippen molar-refractivity contribution in [2.45, 2.75) is 26.4 Å². The molecule has 1 amide bonds. The van der Waals surface area contributed by atoms with Crippen LogP contribution < -0.4 is 5.32 Å². The molecule has 1 rings (SSSR count).